The van der Waals surface area contributed by atoms with E-state index >= 15 is 0 Å². The van der Waals surface area contributed by atoms with Gasteiger partial charge in [0.15, 0.2) is 28.9 Å². The van der Waals surface area contributed by atoms with E-state index in [1.807, 2.05) is 42.7 Å². The standard InChI is InChI=1S/C25H25N3O6/c1-15-11-18(16(2)27(15)12-17-14-33-20-7-4-5-8-21(20)34-17)19(29)13-28-23(30)25(3,26-24(28)31)22-9-6-10-32-22/h4-11,17H,12-14H2,1-3H3,(H,26,31)/t17-,25-/m1/s1. The number of nitrogens with zero attached hydrogens (tertiary/aromatic N) is 2. The van der Waals surface area contributed by atoms with E-state index < -0.39 is 17.5 Å². The molecule has 0 radical (unpaired) electrons. The number of hydrogen-bond donors (Lipinski definition) is 1. The second-order valence-corrected chi connectivity index (χ2v) is 8.74. The fourth-order valence-electron chi connectivity index (χ4n) is 4.52. The van der Waals surface area contributed by atoms with Crippen molar-refractivity contribution in [1.29, 1.82) is 0 Å². The molecule has 2 aromatic heterocycles. The van der Waals surface area contributed by atoms with Crippen LogP contribution in [0.2, 0.25) is 0 Å². The van der Waals surface area contributed by atoms with Gasteiger partial charge in [-0.1, -0.05) is 12.1 Å². The summed E-state index contributed by atoms with van der Waals surface area (Å²) < 4.78 is 19.2. The third-order valence-electron chi connectivity index (χ3n) is 6.42. The van der Waals surface area contributed by atoms with Crippen molar-refractivity contribution in [3.8, 4) is 11.5 Å². The quantitative estimate of drug-likeness (QED) is 0.445. The topological polar surface area (TPSA) is 103 Å². The number of rotatable bonds is 6. The molecule has 2 atom stereocenters. The van der Waals surface area contributed by atoms with E-state index in [4.69, 9.17) is 13.9 Å². The molecule has 1 N–H and O–H groups in total. The van der Waals surface area contributed by atoms with Crippen LogP contribution in [0.3, 0.4) is 0 Å². The SMILES string of the molecule is Cc1cc(C(=O)CN2C(=O)N[C@](C)(c3ccco3)C2=O)c(C)n1C[C@@H]1COc2ccccc2O1. The van der Waals surface area contributed by atoms with Crippen molar-refractivity contribution in [2.45, 2.75) is 39.0 Å². The molecule has 0 saturated carbocycles. The fraction of sp³-hybridized carbons (Fsp3) is 0.320. The van der Waals surface area contributed by atoms with Gasteiger partial charge in [-0.25, -0.2) is 4.79 Å². The molecule has 2 aliphatic rings. The second kappa shape index (κ2) is 8.09. The van der Waals surface area contributed by atoms with Crippen molar-refractivity contribution in [2.75, 3.05) is 13.2 Å². The largest absolute Gasteiger partial charge is 0.486 e. The molecule has 3 amide bonds. The molecule has 4 heterocycles. The highest BCUT2D eigenvalue weighted by molar-refractivity contribution is 6.11. The molecule has 34 heavy (non-hydrogen) atoms. The molecule has 2 aliphatic heterocycles. The number of aromatic nitrogens is 1. The van der Waals surface area contributed by atoms with Gasteiger partial charge in [0.2, 0.25) is 0 Å². The Morgan fingerprint density at radius 2 is 1.91 bits per heavy atom. The Bertz CT molecular complexity index is 1280. The van der Waals surface area contributed by atoms with E-state index in [1.54, 1.807) is 25.1 Å². The number of carbonyl (C=O) groups is 3. The summed E-state index contributed by atoms with van der Waals surface area (Å²) in [6.45, 7) is 5.85. The first kappa shape index (κ1) is 21.8. The van der Waals surface area contributed by atoms with Crippen molar-refractivity contribution in [2.24, 2.45) is 0 Å². The minimum Gasteiger partial charge on any atom is -0.486 e. The van der Waals surface area contributed by atoms with Crippen LogP contribution in [-0.2, 0) is 16.9 Å². The summed E-state index contributed by atoms with van der Waals surface area (Å²) in [5.74, 6) is 0.871. The van der Waals surface area contributed by atoms with E-state index in [2.05, 4.69) is 5.32 Å². The van der Waals surface area contributed by atoms with Crippen LogP contribution in [0.4, 0.5) is 4.79 Å². The van der Waals surface area contributed by atoms with Crippen molar-refractivity contribution in [3.05, 3.63) is 71.4 Å². The number of para-hydroxylation sites is 2. The van der Waals surface area contributed by atoms with Gasteiger partial charge in [-0.3, -0.25) is 14.5 Å². The summed E-state index contributed by atoms with van der Waals surface area (Å²) in [6.07, 6.45) is 1.21. The van der Waals surface area contributed by atoms with E-state index in [0.717, 1.165) is 16.3 Å². The number of nitrogens with one attached hydrogen (secondary N) is 1. The third kappa shape index (κ3) is 3.53. The summed E-state index contributed by atoms with van der Waals surface area (Å²) in [6, 6.07) is 11.9. The highest BCUT2D eigenvalue weighted by atomic mass is 16.6. The first-order valence-corrected chi connectivity index (χ1v) is 11.0. The first-order valence-electron chi connectivity index (χ1n) is 11.0. The number of amides is 3. The molecule has 9 nitrogen and oxygen atoms in total. The molecule has 1 saturated heterocycles. The fourth-order valence-corrected chi connectivity index (χ4v) is 4.52. The van der Waals surface area contributed by atoms with Crippen LogP contribution in [0, 0.1) is 13.8 Å². The average Bonchev–Trinajstić information content (AvgIpc) is 3.51. The van der Waals surface area contributed by atoms with Crippen LogP contribution >= 0.6 is 0 Å². The maximum atomic E-state index is 13.2. The highest BCUT2D eigenvalue weighted by Gasteiger charge is 2.51. The molecular weight excluding hydrogens is 438 g/mol. The van der Waals surface area contributed by atoms with Crippen LogP contribution in [0.5, 0.6) is 11.5 Å². The van der Waals surface area contributed by atoms with E-state index in [9.17, 15) is 14.4 Å². The number of hydrogen-bond acceptors (Lipinski definition) is 6. The van der Waals surface area contributed by atoms with Gasteiger partial charge in [0.25, 0.3) is 5.91 Å². The Morgan fingerprint density at radius 3 is 2.65 bits per heavy atom. The minimum absolute atomic E-state index is 0.220. The zero-order valence-electron chi connectivity index (χ0n) is 19.2. The molecule has 0 spiro atoms. The van der Waals surface area contributed by atoms with Gasteiger partial charge in [0.1, 0.15) is 12.4 Å². The Hall–Kier alpha value is -4.01. The number of ketones is 1. The third-order valence-corrected chi connectivity index (χ3v) is 6.42. The van der Waals surface area contributed by atoms with Gasteiger partial charge in [0.05, 0.1) is 19.4 Å². The maximum absolute atomic E-state index is 13.2. The molecule has 5 rings (SSSR count). The van der Waals surface area contributed by atoms with Crippen molar-refractivity contribution < 1.29 is 28.3 Å². The molecule has 1 aromatic carbocycles. The van der Waals surface area contributed by atoms with Crippen LogP contribution in [0.15, 0.2) is 53.1 Å². The average molecular weight is 463 g/mol. The van der Waals surface area contributed by atoms with Gasteiger partial charge in [-0.15, -0.1) is 0 Å². The molecular formula is C25H25N3O6. The molecule has 0 bridgehead atoms. The lowest BCUT2D eigenvalue weighted by Gasteiger charge is -2.27. The predicted octanol–water partition coefficient (Wildman–Crippen LogP) is 3.19. The zero-order chi connectivity index (χ0) is 24.0. The number of aryl methyl sites for hydroxylation is 1. The Morgan fingerprint density at radius 1 is 1.15 bits per heavy atom. The Labute approximate surface area is 196 Å². The monoisotopic (exact) mass is 463 g/mol. The summed E-state index contributed by atoms with van der Waals surface area (Å²) in [5, 5.41) is 2.64. The smallest absolute Gasteiger partial charge is 0.325 e. The number of urea groups is 1. The Balaban J connectivity index is 1.31. The summed E-state index contributed by atoms with van der Waals surface area (Å²) in [4.78, 5) is 39.7. The number of benzene rings is 1. The van der Waals surface area contributed by atoms with E-state index in [-0.39, 0.29) is 18.4 Å². The number of carbonyl (C=O) groups excluding carboxylic acids is 3. The second-order valence-electron chi connectivity index (χ2n) is 8.74. The van der Waals surface area contributed by atoms with Gasteiger partial charge < -0.3 is 23.8 Å². The number of Topliss-reactive ketones (excluding diaryl/α,β-unsaturated/α-hetero) is 1. The van der Waals surface area contributed by atoms with E-state index in [0.29, 0.717) is 36.0 Å². The lowest BCUT2D eigenvalue weighted by atomic mass is 9.99. The Kier molecular flexibility index (Phi) is 5.19. The first-order chi connectivity index (χ1) is 16.3. The van der Waals surface area contributed by atoms with Gasteiger partial charge in [0, 0.05) is 17.0 Å². The summed E-state index contributed by atoms with van der Waals surface area (Å²) in [5.41, 5.74) is 0.736. The van der Waals surface area contributed by atoms with Gasteiger partial charge in [-0.2, -0.15) is 0 Å². The lowest BCUT2D eigenvalue weighted by Crippen LogP contribution is -2.41. The normalized spacial score (nSPS) is 21.6. The van der Waals surface area contributed by atoms with Gasteiger partial charge >= 0.3 is 6.03 Å². The number of fused-ring (bicyclic) bond motifs is 1. The van der Waals surface area contributed by atoms with Crippen LogP contribution in [-0.4, -0.2) is 46.4 Å². The van der Waals surface area contributed by atoms with Crippen LogP contribution in [0.25, 0.3) is 0 Å². The highest BCUT2D eigenvalue weighted by Crippen LogP contribution is 2.32. The summed E-state index contributed by atoms with van der Waals surface area (Å²) >= 11 is 0. The molecule has 9 heteroatoms. The number of furan rings is 1. The minimum atomic E-state index is -1.34. The molecule has 176 valence electrons. The predicted molar refractivity (Wildman–Crippen MR) is 121 cm³/mol. The van der Waals surface area contributed by atoms with Gasteiger partial charge in [-0.05, 0) is 51.1 Å². The van der Waals surface area contributed by atoms with Crippen LogP contribution < -0.4 is 14.8 Å². The number of imide groups is 1. The summed E-state index contributed by atoms with van der Waals surface area (Å²) in [7, 11) is 0. The lowest BCUT2D eigenvalue weighted by molar-refractivity contribution is -0.131. The maximum Gasteiger partial charge on any atom is 0.325 e. The van der Waals surface area contributed by atoms with Crippen LogP contribution in [0.1, 0.15) is 34.4 Å². The number of ether oxygens (including phenoxy) is 2. The zero-order valence-corrected chi connectivity index (χ0v) is 19.2. The molecule has 1 fully saturated rings. The molecule has 0 aliphatic carbocycles. The molecule has 3 aromatic rings. The molecule has 0 unspecified atom stereocenters. The van der Waals surface area contributed by atoms with Crippen molar-refractivity contribution in [3.63, 3.8) is 0 Å². The van der Waals surface area contributed by atoms with E-state index in [1.165, 1.54) is 6.26 Å². The van der Waals surface area contributed by atoms with Crippen molar-refractivity contribution >= 4 is 17.7 Å². The van der Waals surface area contributed by atoms with Crippen molar-refractivity contribution in [1.82, 2.24) is 14.8 Å².